The van der Waals surface area contributed by atoms with Crippen molar-refractivity contribution in [2.75, 3.05) is 26.2 Å². The summed E-state index contributed by atoms with van der Waals surface area (Å²) >= 11 is 6.06. The van der Waals surface area contributed by atoms with Gasteiger partial charge in [0.05, 0.1) is 5.02 Å². The number of carbonyl (C=O) groups excluding carboxylic acids is 1. The van der Waals surface area contributed by atoms with Gasteiger partial charge in [0.15, 0.2) is 0 Å². The van der Waals surface area contributed by atoms with Crippen molar-refractivity contribution in [1.29, 1.82) is 0 Å². The molecule has 1 heterocycles. The number of benzene rings is 2. The third kappa shape index (κ3) is 5.18. The minimum absolute atomic E-state index is 0.0627. The average Bonchev–Trinajstić information content (AvgIpc) is 2.72. The van der Waals surface area contributed by atoms with Crippen molar-refractivity contribution < 1.29 is 13.2 Å². The fourth-order valence-electron chi connectivity index (χ4n) is 3.45. The Morgan fingerprint density at radius 2 is 1.62 bits per heavy atom. The van der Waals surface area contributed by atoms with E-state index < -0.39 is 10.0 Å². The van der Waals surface area contributed by atoms with Gasteiger partial charge in [-0.05, 0) is 35.6 Å². The van der Waals surface area contributed by atoms with Crippen LogP contribution in [0.15, 0.2) is 53.4 Å². The number of aryl methyl sites for hydroxylation is 1. The predicted octanol–water partition coefficient (Wildman–Crippen LogP) is 3.93. The van der Waals surface area contributed by atoms with Crippen molar-refractivity contribution in [2.45, 2.75) is 37.5 Å². The van der Waals surface area contributed by atoms with Crippen LogP contribution >= 0.6 is 11.6 Å². The second kappa shape index (κ2) is 9.28. The van der Waals surface area contributed by atoms with Gasteiger partial charge in [0.25, 0.3) is 0 Å². The van der Waals surface area contributed by atoms with E-state index in [-0.39, 0.29) is 28.9 Å². The number of piperazine rings is 1. The topological polar surface area (TPSA) is 57.7 Å². The van der Waals surface area contributed by atoms with Crippen molar-refractivity contribution in [2.24, 2.45) is 0 Å². The molecule has 3 rings (SSSR count). The van der Waals surface area contributed by atoms with Crippen LogP contribution in [-0.2, 0) is 21.2 Å². The highest BCUT2D eigenvalue weighted by Gasteiger charge is 2.31. The average molecular weight is 435 g/mol. The van der Waals surface area contributed by atoms with E-state index in [1.165, 1.54) is 15.9 Å². The van der Waals surface area contributed by atoms with Gasteiger partial charge in [-0.2, -0.15) is 4.31 Å². The quantitative estimate of drug-likeness (QED) is 0.692. The molecular formula is C22H27ClN2O3S. The molecule has 0 N–H and O–H groups in total. The first kappa shape index (κ1) is 21.8. The molecule has 1 saturated heterocycles. The molecule has 0 unspecified atom stereocenters. The van der Waals surface area contributed by atoms with Gasteiger partial charge in [0.2, 0.25) is 15.9 Å². The maximum Gasteiger partial charge on any atom is 0.244 e. The minimum atomic E-state index is -3.64. The summed E-state index contributed by atoms with van der Waals surface area (Å²) in [5.41, 5.74) is 2.43. The summed E-state index contributed by atoms with van der Waals surface area (Å²) in [6, 6.07) is 14.8. The Morgan fingerprint density at radius 1 is 1.00 bits per heavy atom. The molecule has 2 aromatic carbocycles. The molecule has 0 aliphatic carbocycles. The maximum atomic E-state index is 12.8. The molecule has 1 amide bonds. The normalized spacial score (nSPS) is 15.7. The highest BCUT2D eigenvalue weighted by Crippen LogP contribution is 2.25. The van der Waals surface area contributed by atoms with E-state index in [9.17, 15) is 13.2 Å². The first-order valence-electron chi connectivity index (χ1n) is 9.90. The first-order chi connectivity index (χ1) is 13.8. The lowest BCUT2D eigenvalue weighted by Gasteiger charge is -2.34. The van der Waals surface area contributed by atoms with Gasteiger partial charge < -0.3 is 4.90 Å². The van der Waals surface area contributed by atoms with E-state index >= 15 is 0 Å². The lowest BCUT2D eigenvalue weighted by atomic mass is 10.00. The Bertz CT molecular complexity index is 950. The second-order valence-corrected chi connectivity index (χ2v) is 9.93. The number of hydrogen-bond acceptors (Lipinski definition) is 3. The monoisotopic (exact) mass is 434 g/mol. The lowest BCUT2D eigenvalue weighted by molar-refractivity contribution is -0.132. The molecule has 1 aliphatic heterocycles. The molecule has 1 aliphatic rings. The van der Waals surface area contributed by atoms with Gasteiger partial charge in [-0.3, -0.25) is 4.79 Å². The Labute approximate surface area is 178 Å². The van der Waals surface area contributed by atoms with E-state index in [2.05, 4.69) is 38.1 Å². The number of halogens is 1. The molecule has 29 heavy (non-hydrogen) atoms. The van der Waals surface area contributed by atoms with E-state index in [0.717, 1.165) is 5.56 Å². The van der Waals surface area contributed by atoms with Crippen LogP contribution < -0.4 is 0 Å². The first-order valence-corrected chi connectivity index (χ1v) is 11.7. The number of sulfonamides is 1. The van der Waals surface area contributed by atoms with Crippen molar-refractivity contribution in [3.05, 3.63) is 64.7 Å². The van der Waals surface area contributed by atoms with Gasteiger partial charge in [-0.15, -0.1) is 0 Å². The van der Waals surface area contributed by atoms with Gasteiger partial charge in [-0.1, -0.05) is 61.8 Å². The molecule has 7 heteroatoms. The van der Waals surface area contributed by atoms with E-state index in [4.69, 9.17) is 11.6 Å². The Morgan fingerprint density at radius 3 is 2.21 bits per heavy atom. The largest absolute Gasteiger partial charge is 0.340 e. The summed E-state index contributed by atoms with van der Waals surface area (Å²) in [4.78, 5) is 14.4. The summed E-state index contributed by atoms with van der Waals surface area (Å²) in [5, 5.41) is 0.217. The molecule has 2 aromatic rings. The summed E-state index contributed by atoms with van der Waals surface area (Å²) in [7, 11) is -3.64. The third-order valence-corrected chi connectivity index (χ3v) is 7.72. The number of amides is 1. The SMILES string of the molecule is CC(C)c1ccc(CCC(=O)N2CCN(S(=O)(=O)c3ccccc3Cl)CC2)cc1. The summed E-state index contributed by atoms with van der Waals surface area (Å²) in [6.07, 6.45) is 1.12. The van der Waals surface area contributed by atoms with Crippen LogP contribution in [0.1, 0.15) is 37.3 Å². The molecule has 156 valence electrons. The summed E-state index contributed by atoms with van der Waals surface area (Å²) in [6.45, 7) is 5.67. The van der Waals surface area contributed by atoms with Crippen molar-refractivity contribution in [3.8, 4) is 0 Å². The third-order valence-electron chi connectivity index (χ3n) is 5.32. The van der Waals surface area contributed by atoms with Crippen LogP contribution in [0.4, 0.5) is 0 Å². The highest BCUT2D eigenvalue weighted by atomic mass is 35.5. The van der Waals surface area contributed by atoms with Gasteiger partial charge in [-0.25, -0.2) is 8.42 Å². The molecule has 0 atom stereocenters. The predicted molar refractivity (Wildman–Crippen MR) is 116 cm³/mol. The van der Waals surface area contributed by atoms with E-state index in [1.807, 2.05) is 0 Å². The van der Waals surface area contributed by atoms with Crippen LogP contribution in [0.2, 0.25) is 5.02 Å². The van der Waals surface area contributed by atoms with Crippen LogP contribution in [-0.4, -0.2) is 49.7 Å². The number of carbonyl (C=O) groups is 1. The Balaban J connectivity index is 1.53. The second-order valence-electron chi connectivity index (χ2n) is 7.61. The zero-order chi connectivity index (χ0) is 21.0. The zero-order valence-electron chi connectivity index (χ0n) is 16.8. The molecule has 5 nitrogen and oxygen atoms in total. The Hall–Kier alpha value is -1.89. The van der Waals surface area contributed by atoms with Gasteiger partial charge >= 0.3 is 0 Å². The van der Waals surface area contributed by atoms with Crippen LogP contribution in [0.25, 0.3) is 0 Å². The minimum Gasteiger partial charge on any atom is -0.340 e. The van der Waals surface area contributed by atoms with Crippen LogP contribution in [0.5, 0.6) is 0 Å². The van der Waals surface area contributed by atoms with E-state index in [1.54, 1.807) is 23.1 Å². The van der Waals surface area contributed by atoms with Crippen molar-refractivity contribution in [1.82, 2.24) is 9.21 Å². The number of rotatable bonds is 6. The van der Waals surface area contributed by atoms with Crippen LogP contribution in [0, 0.1) is 0 Å². The lowest BCUT2D eigenvalue weighted by Crippen LogP contribution is -2.50. The van der Waals surface area contributed by atoms with Gasteiger partial charge in [0.1, 0.15) is 4.90 Å². The Kier molecular flexibility index (Phi) is 6.98. The van der Waals surface area contributed by atoms with E-state index in [0.29, 0.717) is 31.8 Å². The highest BCUT2D eigenvalue weighted by molar-refractivity contribution is 7.89. The standard InChI is InChI=1S/C22H27ClN2O3S/c1-17(2)19-10-7-18(8-11-19)9-12-22(26)24-13-15-25(16-14-24)29(27,28)21-6-4-3-5-20(21)23/h3-8,10-11,17H,9,12-16H2,1-2H3. The fourth-order valence-corrected chi connectivity index (χ4v) is 5.36. The smallest absolute Gasteiger partial charge is 0.244 e. The molecule has 0 saturated carbocycles. The fraction of sp³-hybridized carbons (Fsp3) is 0.409. The molecule has 0 spiro atoms. The maximum absolute atomic E-state index is 12.8. The van der Waals surface area contributed by atoms with Crippen molar-refractivity contribution in [3.63, 3.8) is 0 Å². The zero-order valence-corrected chi connectivity index (χ0v) is 18.4. The van der Waals surface area contributed by atoms with Crippen molar-refractivity contribution >= 4 is 27.5 Å². The molecule has 0 radical (unpaired) electrons. The van der Waals surface area contributed by atoms with Crippen LogP contribution in [0.3, 0.4) is 0 Å². The summed E-state index contributed by atoms with van der Waals surface area (Å²) in [5.74, 6) is 0.553. The summed E-state index contributed by atoms with van der Waals surface area (Å²) < 4.78 is 27.0. The number of nitrogens with zero attached hydrogens (tertiary/aromatic N) is 2. The molecule has 1 fully saturated rings. The number of hydrogen-bond donors (Lipinski definition) is 0. The molecular weight excluding hydrogens is 408 g/mol. The molecule has 0 aromatic heterocycles. The van der Waals surface area contributed by atoms with Gasteiger partial charge in [0, 0.05) is 32.6 Å². The molecule has 0 bridgehead atoms.